The van der Waals surface area contributed by atoms with Gasteiger partial charge in [-0.25, -0.2) is 4.98 Å². The number of thioether (sulfide) groups is 1. The van der Waals surface area contributed by atoms with Gasteiger partial charge >= 0.3 is 5.97 Å². The van der Waals surface area contributed by atoms with Crippen LogP contribution in [0.25, 0.3) is 5.13 Å². The van der Waals surface area contributed by atoms with Crippen molar-refractivity contribution < 1.29 is 14.3 Å². The zero-order chi connectivity index (χ0) is 19.4. The number of nitrogens with zero attached hydrogens (tertiary/aromatic N) is 2. The number of hydrogen-bond donors (Lipinski definition) is 0. The summed E-state index contributed by atoms with van der Waals surface area (Å²) in [4.78, 5) is 30.1. The zero-order valence-electron chi connectivity index (χ0n) is 15.3. The maximum absolute atomic E-state index is 12.6. The van der Waals surface area contributed by atoms with Gasteiger partial charge in [-0.1, -0.05) is 18.2 Å². The number of rotatable bonds is 7. The van der Waals surface area contributed by atoms with Gasteiger partial charge in [-0.15, -0.1) is 23.1 Å². The van der Waals surface area contributed by atoms with Crippen LogP contribution in [0, 0.1) is 13.8 Å². The predicted octanol–water partition coefficient (Wildman–Crippen LogP) is 4.46. The van der Waals surface area contributed by atoms with E-state index in [9.17, 15) is 9.59 Å². The van der Waals surface area contributed by atoms with Gasteiger partial charge in [0.25, 0.3) is 0 Å². The first kappa shape index (κ1) is 19.4. The van der Waals surface area contributed by atoms with Crippen molar-refractivity contribution in [3.8, 4) is 5.13 Å². The molecular formula is C20H20N2O3S2. The third-order valence-corrected chi connectivity index (χ3v) is 5.92. The number of ether oxygens (including phenoxy) is 1. The first-order valence-corrected chi connectivity index (χ1v) is 10.2. The molecule has 0 N–H and O–H groups in total. The number of Topliss-reactive ketones (excluding diaryl/α,β-unsaturated/α-hetero) is 1. The maximum Gasteiger partial charge on any atom is 0.319 e. The lowest BCUT2D eigenvalue weighted by molar-refractivity contribution is -0.141. The summed E-state index contributed by atoms with van der Waals surface area (Å²) in [7, 11) is 0. The second-order valence-corrected chi connectivity index (χ2v) is 8.33. The molecule has 1 aromatic carbocycles. The molecule has 0 radical (unpaired) electrons. The van der Waals surface area contributed by atoms with Gasteiger partial charge in [0.1, 0.15) is 5.25 Å². The van der Waals surface area contributed by atoms with Crippen LogP contribution in [0.1, 0.15) is 28.7 Å². The Bertz CT molecular complexity index is 934. The molecule has 1 atom stereocenters. The van der Waals surface area contributed by atoms with Gasteiger partial charge in [0, 0.05) is 33.4 Å². The molecule has 0 aliphatic rings. The number of carbonyl (C=O) groups excluding carboxylic acids is 2. The van der Waals surface area contributed by atoms with E-state index >= 15 is 0 Å². The van der Waals surface area contributed by atoms with Crippen LogP contribution in [0.15, 0.2) is 52.9 Å². The summed E-state index contributed by atoms with van der Waals surface area (Å²) in [5.74, 6) is -0.609. The lowest BCUT2D eigenvalue weighted by Gasteiger charge is -2.11. The van der Waals surface area contributed by atoms with Crippen LogP contribution in [0.3, 0.4) is 0 Å². The third kappa shape index (κ3) is 4.48. The minimum absolute atomic E-state index is 0.212. The molecule has 3 aromatic rings. The van der Waals surface area contributed by atoms with Gasteiger partial charge in [0.15, 0.2) is 11.7 Å². The van der Waals surface area contributed by atoms with Gasteiger partial charge in [-0.2, -0.15) is 0 Å². The SMILES string of the molecule is Cc1cc(C(=O)COC(=O)[C@H](C)Sc2ccccc2)c(C)n1-c1nccs1. The number of aryl methyl sites for hydroxylation is 1. The average molecular weight is 401 g/mol. The van der Waals surface area contributed by atoms with Gasteiger partial charge < -0.3 is 4.74 Å². The lowest BCUT2D eigenvalue weighted by atomic mass is 10.1. The average Bonchev–Trinajstić information content (AvgIpc) is 3.28. The first-order valence-electron chi connectivity index (χ1n) is 8.47. The van der Waals surface area contributed by atoms with Crippen molar-refractivity contribution in [1.82, 2.24) is 9.55 Å². The van der Waals surface area contributed by atoms with E-state index in [1.54, 1.807) is 13.1 Å². The molecule has 0 aliphatic heterocycles. The number of ketones is 1. The van der Waals surface area contributed by atoms with Crippen molar-refractivity contribution in [2.75, 3.05) is 6.61 Å². The molecule has 2 heterocycles. The van der Waals surface area contributed by atoms with Crippen molar-refractivity contribution in [3.05, 3.63) is 64.9 Å². The Morgan fingerprint density at radius 1 is 1.26 bits per heavy atom. The van der Waals surface area contributed by atoms with Crippen LogP contribution in [0.4, 0.5) is 0 Å². The topological polar surface area (TPSA) is 61.2 Å². The Morgan fingerprint density at radius 2 is 2.00 bits per heavy atom. The van der Waals surface area contributed by atoms with Gasteiger partial charge in [-0.05, 0) is 39.0 Å². The predicted molar refractivity (Wildman–Crippen MR) is 108 cm³/mol. The molecule has 3 rings (SSSR count). The molecular weight excluding hydrogens is 380 g/mol. The van der Waals surface area contributed by atoms with E-state index in [1.165, 1.54) is 23.1 Å². The van der Waals surface area contributed by atoms with E-state index in [4.69, 9.17) is 4.74 Å². The van der Waals surface area contributed by atoms with Crippen molar-refractivity contribution in [2.24, 2.45) is 0 Å². The van der Waals surface area contributed by atoms with Crippen molar-refractivity contribution in [2.45, 2.75) is 30.9 Å². The highest BCUT2D eigenvalue weighted by atomic mass is 32.2. The standard InChI is InChI=1S/C20H20N2O3S2/c1-13-11-17(14(2)22(13)20-21-9-10-26-20)18(23)12-25-19(24)15(3)27-16-7-5-4-6-8-16/h4-11,15H,12H2,1-3H3/t15-/m0/s1. The summed E-state index contributed by atoms with van der Waals surface area (Å²) < 4.78 is 7.19. The van der Waals surface area contributed by atoms with Crippen LogP contribution in [-0.4, -0.2) is 33.2 Å². The maximum atomic E-state index is 12.6. The fourth-order valence-electron chi connectivity index (χ4n) is 2.75. The monoisotopic (exact) mass is 400 g/mol. The highest BCUT2D eigenvalue weighted by Crippen LogP contribution is 2.24. The molecule has 0 fully saturated rings. The molecule has 0 amide bonds. The van der Waals surface area contributed by atoms with Gasteiger partial charge in [-0.3, -0.25) is 14.2 Å². The molecule has 0 spiro atoms. The van der Waals surface area contributed by atoms with Gasteiger partial charge in [0.2, 0.25) is 5.78 Å². The summed E-state index contributed by atoms with van der Waals surface area (Å²) in [5.41, 5.74) is 2.28. The molecule has 0 bridgehead atoms. The number of thiazole rings is 1. The molecule has 27 heavy (non-hydrogen) atoms. The van der Waals surface area contributed by atoms with E-state index in [1.807, 2.05) is 60.2 Å². The second kappa shape index (κ2) is 8.54. The Labute approximate surface area is 166 Å². The Morgan fingerprint density at radius 3 is 2.67 bits per heavy atom. The van der Waals surface area contributed by atoms with Crippen LogP contribution >= 0.6 is 23.1 Å². The fourth-order valence-corrected chi connectivity index (χ4v) is 4.39. The third-order valence-electron chi connectivity index (χ3n) is 4.08. The van der Waals surface area contributed by atoms with E-state index < -0.39 is 5.97 Å². The summed E-state index contributed by atoms with van der Waals surface area (Å²) in [5, 5.41) is 2.32. The van der Waals surface area contributed by atoms with Crippen LogP contribution in [0.5, 0.6) is 0 Å². The van der Waals surface area contributed by atoms with Crippen LogP contribution in [-0.2, 0) is 9.53 Å². The normalized spacial score (nSPS) is 12.0. The van der Waals surface area contributed by atoms with Gasteiger partial charge in [0.05, 0.1) is 0 Å². The smallest absolute Gasteiger partial charge is 0.319 e. The molecule has 0 saturated carbocycles. The molecule has 5 nitrogen and oxygen atoms in total. The van der Waals surface area contributed by atoms with E-state index in [-0.39, 0.29) is 17.6 Å². The van der Waals surface area contributed by atoms with E-state index in [2.05, 4.69) is 4.98 Å². The number of benzene rings is 1. The largest absolute Gasteiger partial charge is 0.456 e. The molecule has 0 unspecified atom stereocenters. The highest BCUT2D eigenvalue weighted by molar-refractivity contribution is 8.00. The summed E-state index contributed by atoms with van der Waals surface area (Å²) in [6.07, 6.45) is 1.73. The molecule has 0 aliphatic carbocycles. The minimum atomic E-state index is -0.397. The Balaban J connectivity index is 1.63. The molecule has 140 valence electrons. The number of carbonyl (C=O) groups is 2. The van der Waals surface area contributed by atoms with Crippen molar-refractivity contribution in [1.29, 1.82) is 0 Å². The quantitative estimate of drug-likeness (QED) is 0.333. The summed E-state index contributed by atoms with van der Waals surface area (Å²) >= 11 is 2.92. The highest BCUT2D eigenvalue weighted by Gasteiger charge is 2.21. The fraction of sp³-hybridized carbons (Fsp3) is 0.250. The molecule has 2 aromatic heterocycles. The number of esters is 1. The van der Waals surface area contributed by atoms with Crippen LogP contribution < -0.4 is 0 Å². The molecule has 7 heteroatoms. The van der Waals surface area contributed by atoms with Crippen LogP contribution in [0.2, 0.25) is 0 Å². The number of hydrogen-bond acceptors (Lipinski definition) is 6. The molecule has 0 saturated heterocycles. The summed E-state index contributed by atoms with van der Waals surface area (Å²) in [6.45, 7) is 5.31. The Kier molecular flexibility index (Phi) is 6.13. The summed E-state index contributed by atoms with van der Waals surface area (Å²) in [6, 6.07) is 11.5. The van der Waals surface area contributed by atoms with E-state index in [0.717, 1.165) is 21.4 Å². The number of aromatic nitrogens is 2. The van der Waals surface area contributed by atoms with E-state index in [0.29, 0.717) is 5.56 Å². The minimum Gasteiger partial charge on any atom is -0.456 e. The Hall–Kier alpha value is -2.38. The zero-order valence-corrected chi connectivity index (χ0v) is 17.0. The lowest BCUT2D eigenvalue weighted by Crippen LogP contribution is -2.21. The van der Waals surface area contributed by atoms with Crippen molar-refractivity contribution in [3.63, 3.8) is 0 Å². The van der Waals surface area contributed by atoms with Crippen molar-refractivity contribution >= 4 is 34.9 Å². The first-order chi connectivity index (χ1) is 13.0. The second-order valence-electron chi connectivity index (χ2n) is 6.04.